The highest BCUT2D eigenvalue weighted by Crippen LogP contribution is 2.23. The molecule has 1 atom stereocenters. The first-order valence-electron chi connectivity index (χ1n) is 11.2. The summed E-state index contributed by atoms with van der Waals surface area (Å²) in [6.07, 6.45) is 1.66. The van der Waals surface area contributed by atoms with Gasteiger partial charge in [0, 0.05) is 23.6 Å². The molecule has 8 heteroatoms. The fraction of sp³-hybridized carbons (Fsp3) is 0.269. The van der Waals surface area contributed by atoms with Crippen LogP contribution in [0.15, 0.2) is 82.2 Å². The number of hydrogen-bond acceptors (Lipinski definition) is 5. The average molecular weight is 540 g/mol. The summed E-state index contributed by atoms with van der Waals surface area (Å²) in [5.74, 6) is 0.818. The molecule has 1 aliphatic rings. The second-order valence-corrected chi connectivity index (χ2v) is 10.9. The Bertz CT molecular complexity index is 1240. The summed E-state index contributed by atoms with van der Waals surface area (Å²) in [6.45, 7) is 3.03. The van der Waals surface area contributed by atoms with E-state index >= 15 is 0 Å². The minimum absolute atomic E-state index is 0.0793. The Morgan fingerprint density at radius 2 is 1.65 bits per heavy atom. The van der Waals surface area contributed by atoms with Gasteiger partial charge in [-0.3, -0.25) is 0 Å². The predicted octanol–water partition coefficient (Wildman–Crippen LogP) is 4.81. The summed E-state index contributed by atoms with van der Waals surface area (Å²) < 4.78 is 34.7. The molecule has 0 spiro atoms. The lowest BCUT2D eigenvalue weighted by Gasteiger charge is -2.17. The molecule has 1 fully saturated rings. The summed E-state index contributed by atoms with van der Waals surface area (Å²) >= 11 is 3.33. The van der Waals surface area contributed by atoms with E-state index in [0.29, 0.717) is 18.7 Å². The summed E-state index contributed by atoms with van der Waals surface area (Å²) in [6, 6.07) is 24.2. The van der Waals surface area contributed by atoms with Gasteiger partial charge in [-0.05, 0) is 79.0 Å². The van der Waals surface area contributed by atoms with Gasteiger partial charge >= 0.3 is 0 Å². The Morgan fingerprint density at radius 1 is 1.00 bits per heavy atom. The number of nitrogens with zero attached hydrogens (tertiary/aromatic N) is 2. The maximum absolute atomic E-state index is 12.6. The molecule has 0 unspecified atom stereocenters. The smallest absolute Gasteiger partial charge is 0.240 e. The first-order valence-corrected chi connectivity index (χ1v) is 13.4. The number of nitriles is 1. The quantitative estimate of drug-likeness (QED) is 0.394. The van der Waals surface area contributed by atoms with Crippen LogP contribution in [0.4, 0.5) is 0 Å². The van der Waals surface area contributed by atoms with Crippen molar-refractivity contribution in [3.05, 3.63) is 82.8 Å². The number of rotatable bonds is 9. The van der Waals surface area contributed by atoms with E-state index in [1.54, 1.807) is 24.3 Å². The Balaban J connectivity index is 1.19. The van der Waals surface area contributed by atoms with Crippen LogP contribution in [0.5, 0.6) is 5.75 Å². The predicted molar refractivity (Wildman–Crippen MR) is 136 cm³/mol. The summed E-state index contributed by atoms with van der Waals surface area (Å²) in [5, 5.41) is 8.92. The van der Waals surface area contributed by atoms with Crippen molar-refractivity contribution in [2.24, 2.45) is 0 Å². The van der Waals surface area contributed by atoms with Crippen molar-refractivity contribution >= 4 is 26.0 Å². The molecule has 0 aromatic heterocycles. The van der Waals surface area contributed by atoms with E-state index in [9.17, 15) is 8.42 Å². The number of ether oxygens (including phenoxy) is 1. The van der Waals surface area contributed by atoms with Gasteiger partial charge in [0.15, 0.2) is 0 Å². The second-order valence-electron chi connectivity index (χ2n) is 8.28. The standard InChI is InChI=1S/C26H26BrN3O3S/c27-23-8-12-26(13-9-23)34(31,32)29-24-14-16-30(19-24)15-1-17-33-25-10-6-22(7-11-25)21-4-2-20(18-28)3-5-21/h2-13,24,29H,1,14-17,19H2/t24-/m1/s1. The van der Waals surface area contributed by atoms with Crippen molar-refractivity contribution in [3.63, 3.8) is 0 Å². The van der Waals surface area contributed by atoms with Gasteiger partial charge in [0.05, 0.1) is 23.1 Å². The van der Waals surface area contributed by atoms with Crippen LogP contribution in [0, 0.1) is 11.3 Å². The van der Waals surface area contributed by atoms with Crippen LogP contribution in [-0.4, -0.2) is 45.6 Å². The van der Waals surface area contributed by atoms with Crippen molar-refractivity contribution in [1.29, 1.82) is 5.26 Å². The van der Waals surface area contributed by atoms with Gasteiger partial charge in [0.1, 0.15) is 5.75 Å². The lowest BCUT2D eigenvalue weighted by molar-refractivity contribution is 0.261. The van der Waals surface area contributed by atoms with Crippen molar-refractivity contribution in [1.82, 2.24) is 9.62 Å². The molecule has 3 aromatic rings. The molecule has 1 heterocycles. The molecule has 0 amide bonds. The fourth-order valence-corrected chi connectivity index (χ4v) is 5.52. The first kappa shape index (κ1) is 24.4. The van der Waals surface area contributed by atoms with Crippen molar-refractivity contribution in [2.75, 3.05) is 26.2 Å². The number of sulfonamides is 1. The van der Waals surface area contributed by atoms with Crippen LogP contribution < -0.4 is 9.46 Å². The van der Waals surface area contributed by atoms with E-state index < -0.39 is 10.0 Å². The molecular formula is C26H26BrN3O3S. The van der Waals surface area contributed by atoms with Crippen molar-refractivity contribution in [2.45, 2.75) is 23.8 Å². The van der Waals surface area contributed by atoms with E-state index in [0.717, 1.165) is 47.3 Å². The fourth-order valence-electron chi connectivity index (χ4n) is 3.99. The maximum atomic E-state index is 12.6. The molecule has 1 aliphatic heterocycles. The molecule has 1 saturated heterocycles. The molecule has 0 aliphatic carbocycles. The molecule has 1 N–H and O–H groups in total. The Hall–Kier alpha value is -2.70. The third-order valence-corrected chi connectivity index (χ3v) is 7.87. The first-order chi connectivity index (χ1) is 16.4. The second kappa shape index (κ2) is 11.2. The number of hydrogen-bond donors (Lipinski definition) is 1. The third-order valence-electron chi connectivity index (χ3n) is 5.81. The molecule has 176 valence electrons. The van der Waals surface area contributed by atoms with Crippen molar-refractivity contribution < 1.29 is 13.2 Å². The maximum Gasteiger partial charge on any atom is 0.240 e. The largest absolute Gasteiger partial charge is 0.494 e. The van der Waals surface area contributed by atoms with Gasteiger partial charge in [-0.15, -0.1) is 0 Å². The van der Waals surface area contributed by atoms with Crippen LogP contribution in [-0.2, 0) is 10.0 Å². The van der Waals surface area contributed by atoms with Gasteiger partial charge in [0.25, 0.3) is 0 Å². The summed E-state index contributed by atoms with van der Waals surface area (Å²) in [5.41, 5.74) is 2.78. The minimum atomic E-state index is -3.51. The number of benzene rings is 3. The van der Waals surface area contributed by atoms with E-state index in [1.807, 2.05) is 48.5 Å². The Morgan fingerprint density at radius 3 is 2.29 bits per heavy atom. The molecule has 4 rings (SSSR count). The summed E-state index contributed by atoms with van der Waals surface area (Å²) in [7, 11) is -3.51. The van der Waals surface area contributed by atoms with Crippen LogP contribution >= 0.6 is 15.9 Å². The molecule has 6 nitrogen and oxygen atoms in total. The van der Waals surface area contributed by atoms with E-state index in [-0.39, 0.29) is 10.9 Å². The Labute approximate surface area is 209 Å². The van der Waals surface area contributed by atoms with Crippen LogP contribution in [0.3, 0.4) is 0 Å². The van der Waals surface area contributed by atoms with Gasteiger partial charge in [-0.25, -0.2) is 13.1 Å². The highest BCUT2D eigenvalue weighted by molar-refractivity contribution is 9.10. The van der Waals surface area contributed by atoms with Crippen LogP contribution in [0.2, 0.25) is 0 Å². The Kier molecular flexibility index (Phi) is 8.01. The number of halogens is 1. The zero-order valence-electron chi connectivity index (χ0n) is 18.7. The van der Waals surface area contributed by atoms with E-state index in [2.05, 4.69) is 31.6 Å². The number of nitrogens with one attached hydrogen (secondary N) is 1. The molecule has 0 saturated carbocycles. The zero-order chi connectivity index (χ0) is 24.0. The highest BCUT2D eigenvalue weighted by Gasteiger charge is 2.27. The molecule has 34 heavy (non-hydrogen) atoms. The van der Waals surface area contributed by atoms with Gasteiger partial charge in [-0.2, -0.15) is 5.26 Å². The minimum Gasteiger partial charge on any atom is -0.494 e. The van der Waals surface area contributed by atoms with Gasteiger partial charge in [0.2, 0.25) is 10.0 Å². The number of likely N-dealkylation sites (tertiary alicyclic amines) is 1. The zero-order valence-corrected chi connectivity index (χ0v) is 21.1. The third kappa shape index (κ3) is 6.45. The molecule has 0 radical (unpaired) electrons. The van der Waals surface area contributed by atoms with Gasteiger partial charge in [-0.1, -0.05) is 40.2 Å². The SMILES string of the molecule is N#Cc1ccc(-c2ccc(OCCCN3CC[C@@H](NS(=O)(=O)c4ccc(Br)cc4)C3)cc2)cc1. The normalized spacial score (nSPS) is 16.3. The average Bonchev–Trinajstić information content (AvgIpc) is 3.29. The van der Waals surface area contributed by atoms with E-state index in [1.165, 1.54) is 0 Å². The topological polar surface area (TPSA) is 82.4 Å². The lowest BCUT2D eigenvalue weighted by Crippen LogP contribution is -2.37. The highest BCUT2D eigenvalue weighted by atomic mass is 79.9. The van der Waals surface area contributed by atoms with Crippen LogP contribution in [0.25, 0.3) is 11.1 Å². The monoisotopic (exact) mass is 539 g/mol. The molecule has 0 bridgehead atoms. The lowest BCUT2D eigenvalue weighted by atomic mass is 10.0. The van der Waals surface area contributed by atoms with Crippen LogP contribution in [0.1, 0.15) is 18.4 Å². The van der Waals surface area contributed by atoms with Gasteiger partial charge < -0.3 is 9.64 Å². The summed E-state index contributed by atoms with van der Waals surface area (Å²) in [4.78, 5) is 2.55. The van der Waals surface area contributed by atoms with E-state index in [4.69, 9.17) is 10.00 Å². The molecule has 3 aromatic carbocycles. The van der Waals surface area contributed by atoms with Crippen molar-refractivity contribution in [3.8, 4) is 22.9 Å². The molecular weight excluding hydrogens is 514 g/mol.